The minimum Gasteiger partial charge on any atom is -0.300 e. The lowest BCUT2D eigenvalue weighted by Gasteiger charge is -1.99. The zero-order valence-corrected chi connectivity index (χ0v) is 13.4. The predicted molar refractivity (Wildman–Crippen MR) is 83.4 cm³/mol. The normalized spacial score (nSPS) is 9.47. The first-order chi connectivity index (χ1) is 9.03. The Kier molecular flexibility index (Phi) is 16.3. The van der Waals surface area contributed by atoms with Gasteiger partial charge in [-0.1, -0.05) is 53.5 Å². The molecule has 0 fully saturated rings. The van der Waals surface area contributed by atoms with Crippen LogP contribution >= 0.6 is 0 Å². The predicted octanol–water partition coefficient (Wildman–Crippen LogP) is 5.26. The van der Waals surface area contributed by atoms with E-state index in [1.165, 1.54) is 12.8 Å². The number of allylic oxidation sites excluding steroid dienone is 1. The van der Waals surface area contributed by atoms with E-state index in [1.54, 1.807) is 0 Å². The smallest absolute Gasteiger partial charge is 0.157 e. The maximum absolute atomic E-state index is 10.9. The molecule has 0 aromatic heterocycles. The van der Waals surface area contributed by atoms with Gasteiger partial charge in [0.2, 0.25) is 0 Å². The van der Waals surface area contributed by atoms with Crippen LogP contribution in [0.4, 0.5) is 0 Å². The van der Waals surface area contributed by atoms with Crippen LogP contribution in [0.3, 0.4) is 0 Å². The van der Waals surface area contributed by atoms with Gasteiger partial charge in [-0.2, -0.15) is 0 Å². The van der Waals surface area contributed by atoms with Gasteiger partial charge in [-0.3, -0.25) is 9.59 Å². The Labute approximate surface area is 119 Å². The van der Waals surface area contributed by atoms with Crippen LogP contribution in [-0.2, 0) is 9.59 Å². The Morgan fingerprint density at radius 2 is 1.37 bits per heavy atom. The van der Waals surface area contributed by atoms with Gasteiger partial charge in [0.1, 0.15) is 5.78 Å². The summed E-state index contributed by atoms with van der Waals surface area (Å²) in [4.78, 5) is 21.6. The van der Waals surface area contributed by atoms with Crippen molar-refractivity contribution in [3.05, 3.63) is 12.2 Å². The summed E-state index contributed by atoms with van der Waals surface area (Å²) in [7, 11) is 0. The Morgan fingerprint density at radius 3 is 1.79 bits per heavy atom. The Bertz CT molecular complexity index is 254. The van der Waals surface area contributed by atoms with Crippen LogP contribution in [0, 0.1) is 0 Å². The lowest BCUT2D eigenvalue weighted by molar-refractivity contribution is -0.119. The first-order valence-electron chi connectivity index (χ1n) is 7.75. The molecule has 0 atom stereocenters. The summed E-state index contributed by atoms with van der Waals surface area (Å²) >= 11 is 0. The molecule has 0 N–H and O–H groups in total. The van der Waals surface area contributed by atoms with Gasteiger partial charge in [-0.05, 0) is 24.8 Å². The SMILES string of the molecule is C=C(CCCC)C(=O)CC.CCCCCC(=O)CC. The lowest BCUT2D eigenvalue weighted by Crippen LogP contribution is -1.98. The fourth-order valence-electron chi connectivity index (χ4n) is 1.53. The summed E-state index contributed by atoms with van der Waals surface area (Å²) in [5.41, 5.74) is 0.796. The third kappa shape index (κ3) is 15.0. The molecular weight excluding hydrogens is 236 g/mol. The van der Waals surface area contributed by atoms with Gasteiger partial charge in [0.15, 0.2) is 5.78 Å². The highest BCUT2D eigenvalue weighted by Crippen LogP contribution is 2.07. The second-order valence-electron chi connectivity index (χ2n) is 4.83. The number of carbonyl (C=O) groups excluding carboxylic acids is 2. The molecule has 0 saturated heterocycles. The van der Waals surface area contributed by atoms with Crippen molar-refractivity contribution in [3.63, 3.8) is 0 Å². The summed E-state index contributed by atoms with van der Waals surface area (Å²) in [6.45, 7) is 11.8. The van der Waals surface area contributed by atoms with Crippen LogP contribution in [0.25, 0.3) is 0 Å². The molecule has 0 aliphatic heterocycles. The average Bonchev–Trinajstić information content (AvgIpc) is 2.44. The third-order valence-corrected chi connectivity index (χ3v) is 3.00. The maximum atomic E-state index is 10.9. The fraction of sp³-hybridized carbons (Fsp3) is 0.765. The van der Waals surface area contributed by atoms with Crippen molar-refractivity contribution < 1.29 is 9.59 Å². The fourth-order valence-corrected chi connectivity index (χ4v) is 1.53. The molecule has 0 bridgehead atoms. The zero-order valence-electron chi connectivity index (χ0n) is 13.4. The molecule has 0 aromatic carbocycles. The summed E-state index contributed by atoms with van der Waals surface area (Å²) in [5.74, 6) is 0.622. The molecule has 0 aliphatic carbocycles. The average molecular weight is 268 g/mol. The van der Waals surface area contributed by atoms with Crippen molar-refractivity contribution in [2.75, 3.05) is 0 Å². The van der Waals surface area contributed by atoms with Crippen LogP contribution in [0.1, 0.15) is 85.5 Å². The zero-order chi connectivity index (χ0) is 15.1. The highest BCUT2D eigenvalue weighted by Gasteiger charge is 2.01. The van der Waals surface area contributed by atoms with E-state index in [0.717, 1.165) is 37.7 Å². The van der Waals surface area contributed by atoms with E-state index >= 15 is 0 Å². The molecule has 0 radical (unpaired) electrons. The van der Waals surface area contributed by atoms with E-state index in [4.69, 9.17) is 0 Å². The molecule has 0 aromatic rings. The van der Waals surface area contributed by atoms with E-state index in [1.807, 2.05) is 13.8 Å². The number of unbranched alkanes of at least 4 members (excludes halogenated alkanes) is 3. The summed E-state index contributed by atoms with van der Waals surface area (Å²) < 4.78 is 0. The minimum atomic E-state index is 0.216. The molecule has 0 saturated carbocycles. The van der Waals surface area contributed by atoms with Crippen molar-refractivity contribution in [2.45, 2.75) is 85.5 Å². The van der Waals surface area contributed by atoms with Gasteiger partial charge < -0.3 is 0 Å². The number of rotatable bonds is 10. The number of hydrogen-bond donors (Lipinski definition) is 0. The van der Waals surface area contributed by atoms with E-state index in [9.17, 15) is 9.59 Å². The van der Waals surface area contributed by atoms with Crippen LogP contribution in [0.2, 0.25) is 0 Å². The minimum absolute atomic E-state index is 0.216. The monoisotopic (exact) mass is 268 g/mol. The first kappa shape index (κ1) is 20.4. The largest absolute Gasteiger partial charge is 0.300 e. The second kappa shape index (κ2) is 15.1. The van der Waals surface area contributed by atoms with Gasteiger partial charge in [0.25, 0.3) is 0 Å². The van der Waals surface area contributed by atoms with Crippen LogP contribution in [-0.4, -0.2) is 11.6 Å². The number of ketones is 2. The van der Waals surface area contributed by atoms with Crippen molar-refractivity contribution >= 4 is 11.6 Å². The maximum Gasteiger partial charge on any atom is 0.157 e. The standard InChI is InChI=1S/C9H16O.C8H16O/c1-4-6-7-8(3)9(10)5-2;1-3-5-6-7-8(9)4-2/h3-7H2,1-2H3;3-7H2,1-2H3. The second-order valence-corrected chi connectivity index (χ2v) is 4.83. The highest BCUT2D eigenvalue weighted by atomic mass is 16.1. The lowest BCUT2D eigenvalue weighted by atomic mass is 10.1. The molecule has 0 spiro atoms. The molecule has 0 heterocycles. The third-order valence-electron chi connectivity index (χ3n) is 3.00. The topological polar surface area (TPSA) is 34.1 Å². The van der Waals surface area contributed by atoms with Gasteiger partial charge in [-0.25, -0.2) is 0 Å². The van der Waals surface area contributed by atoms with Crippen molar-refractivity contribution in [2.24, 2.45) is 0 Å². The van der Waals surface area contributed by atoms with E-state index < -0.39 is 0 Å². The molecule has 0 amide bonds. The Hall–Kier alpha value is -0.920. The first-order valence-corrected chi connectivity index (χ1v) is 7.75. The van der Waals surface area contributed by atoms with Crippen molar-refractivity contribution in [1.29, 1.82) is 0 Å². The summed E-state index contributed by atoms with van der Waals surface area (Å²) in [5, 5.41) is 0. The van der Waals surface area contributed by atoms with Gasteiger partial charge >= 0.3 is 0 Å². The molecule has 2 nitrogen and oxygen atoms in total. The molecular formula is C17H32O2. The molecule has 0 unspecified atom stereocenters. The summed E-state index contributed by atoms with van der Waals surface area (Å²) in [6, 6.07) is 0. The number of Topliss-reactive ketones (excluding diaryl/α,β-unsaturated/α-hetero) is 2. The van der Waals surface area contributed by atoms with Gasteiger partial charge in [-0.15, -0.1) is 0 Å². The van der Waals surface area contributed by atoms with Gasteiger partial charge in [0.05, 0.1) is 0 Å². The van der Waals surface area contributed by atoms with Crippen LogP contribution < -0.4 is 0 Å². The number of hydrogen-bond acceptors (Lipinski definition) is 2. The van der Waals surface area contributed by atoms with E-state index in [-0.39, 0.29) is 5.78 Å². The van der Waals surface area contributed by atoms with Gasteiger partial charge in [0, 0.05) is 19.3 Å². The van der Waals surface area contributed by atoms with Crippen molar-refractivity contribution in [1.82, 2.24) is 0 Å². The molecule has 112 valence electrons. The Morgan fingerprint density at radius 1 is 0.789 bits per heavy atom. The molecule has 0 rings (SSSR count). The molecule has 2 heteroatoms. The number of carbonyl (C=O) groups is 2. The summed E-state index contributed by atoms with van der Waals surface area (Å²) in [6.07, 6.45) is 8.70. The van der Waals surface area contributed by atoms with Crippen molar-refractivity contribution in [3.8, 4) is 0 Å². The quantitative estimate of drug-likeness (QED) is 0.400. The molecule has 0 aliphatic rings. The molecule has 19 heavy (non-hydrogen) atoms. The Balaban J connectivity index is 0. The highest BCUT2D eigenvalue weighted by molar-refractivity contribution is 5.94. The van der Waals surface area contributed by atoms with Crippen LogP contribution in [0.5, 0.6) is 0 Å². The van der Waals surface area contributed by atoms with Crippen LogP contribution in [0.15, 0.2) is 12.2 Å². The van der Waals surface area contributed by atoms with E-state index in [2.05, 4.69) is 20.4 Å². The van der Waals surface area contributed by atoms with E-state index in [0.29, 0.717) is 18.6 Å².